The molecule has 0 fully saturated rings. The molecular formula is C23H17ClN2O3. The first kappa shape index (κ1) is 16.7. The molecule has 0 aromatic heterocycles. The summed E-state index contributed by atoms with van der Waals surface area (Å²) in [5.41, 5.74) is 4.19. The summed E-state index contributed by atoms with van der Waals surface area (Å²) in [5.74, 6) is 2.32. The van der Waals surface area contributed by atoms with Crippen LogP contribution in [0.2, 0.25) is 5.02 Å². The van der Waals surface area contributed by atoms with E-state index >= 15 is 0 Å². The normalized spacial score (nSPS) is 21.3. The Morgan fingerprint density at radius 3 is 2.62 bits per heavy atom. The largest absolute Gasteiger partial charge is 0.464 e. The molecule has 0 spiro atoms. The number of nitrogens with zero attached hydrogens (tertiary/aromatic N) is 2. The molecule has 3 aliphatic rings. The number of fused-ring (bicyclic) bond motifs is 4. The first-order valence-corrected chi connectivity index (χ1v) is 9.91. The third-order valence-electron chi connectivity index (χ3n) is 5.54. The minimum absolute atomic E-state index is 0.0584. The molecule has 0 N–H and O–H groups in total. The monoisotopic (exact) mass is 404 g/mol. The zero-order valence-corrected chi connectivity index (χ0v) is 16.2. The number of ether oxygens (including phenoxy) is 3. The predicted molar refractivity (Wildman–Crippen MR) is 110 cm³/mol. The molecule has 3 heterocycles. The van der Waals surface area contributed by atoms with Crippen LogP contribution in [0.25, 0.3) is 0 Å². The highest BCUT2D eigenvalue weighted by Gasteiger charge is 2.41. The van der Waals surface area contributed by atoms with Gasteiger partial charge in [0, 0.05) is 22.6 Å². The van der Waals surface area contributed by atoms with E-state index in [0.29, 0.717) is 5.02 Å². The van der Waals surface area contributed by atoms with Crippen LogP contribution >= 0.6 is 11.6 Å². The second-order valence-corrected chi connectivity index (χ2v) is 7.71. The molecule has 0 radical (unpaired) electrons. The van der Waals surface area contributed by atoms with Crippen LogP contribution in [-0.2, 0) is 0 Å². The maximum absolute atomic E-state index is 6.39. The SMILES string of the molecule is Clc1ccc2c(c1)[C@H]1CC(c3ccccc3)=NN1[C@@H](c1ccc3c(c1)OCO3)O2. The lowest BCUT2D eigenvalue weighted by atomic mass is 9.96. The number of rotatable bonds is 2. The van der Waals surface area contributed by atoms with Gasteiger partial charge in [-0.1, -0.05) is 41.9 Å². The van der Waals surface area contributed by atoms with Gasteiger partial charge >= 0.3 is 0 Å². The molecule has 2 atom stereocenters. The van der Waals surface area contributed by atoms with E-state index in [1.165, 1.54) is 0 Å². The maximum Gasteiger partial charge on any atom is 0.231 e. The topological polar surface area (TPSA) is 43.3 Å². The molecule has 144 valence electrons. The fraction of sp³-hybridized carbons (Fsp3) is 0.174. The van der Waals surface area contributed by atoms with Crippen molar-refractivity contribution in [2.24, 2.45) is 5.10 Å². The van der Waals surface area contributed by atoms with Gasteiger partial charge in [-0.2, -0.15) is 5.10 Å². The maximum atomic E-state index is 6.39. The lowest BCUT2D eigenvalue weighted by Gasteiger charge is -2.38. The van der Waals surface area contributed by atoms with Crippen LogP contribution < -0.4 is 14.2 Å². The summed E-state index contributed by atoms with van der Waals surface area (Å²) in [5, 5.41) is 7.71. The summed E-state index contributed by atoms with van der Waals surface area (Å²) < 4.78 is 17.4. The Morgan fingerprint density at radius 2 is 1.72 bits per heavy atom. The first-order valence-electron chi connectivity index (χ1n) is 9.53. The lowest BCUT2D eigenvalue weighted by Crippen LogP contribution is -2.33. The molecule has 3 aliphatic heterocycles. The van der Waals surface area contributed by atoms with Crippen LogP contribution in [-0.4, -0.2) is 17.5 Å². The van der Waals surface area contributed by atoms with Gasteiger partial charge in [0.1, 0.15) is 5.75 Å². The summed E-state index contributed by atoms with van der Waals surface area (Å²) >= 11 is 6.30. The van der Waals surface area contributed by atoms with Gasteiger partial charge in [-0.25, -0.2) is 5.01 Å². The Hall–Kier alpha value is -3.18. The van der Waals surface area contributed by atoms with Crippen molar-refractivity contribution in [2.75, 3.05) is 6.79 Å². The molecule has 6 rings (SSSR count). The van der Waals surface area contributed by atoms with E-state index in [0.717, 1.165) is 46.1 Å². The molecule has 3 aromatic rings. The molecule has 3 aromatic carbocycles. The molecule has 0 saturated heterocycles. The third kappa shape index (κ3) is 2.73. The molecule has 6 heteroatoms. The number of hydrazone groups is 1. The van der Waals surface area contributed by atoms with Gasteiger partial charge in [0.2, 0.25) is 13.0 Å². The van der Waals surface area contributed by atoms with Crippen molar-refractivity contribution in [1.82, 2.24) is 5.01 Å². The highest BCUT2D eigenvalue weighted by molar-refractivity contribution is 6.30. The fourth-order valence-corrected chi connectivity index (χ4v) is 4.33. The van der Waals surface area contributed by atoms with E-state index in [1.807, 2.05) is 59.6 Å². The van der Waals surface area contributed by atoms with Gasteiger partial charge in [-0.15, -0.1) is 0 Å². The minimum atomic E-state index is -0.357. The molecule has 0 aliphatic carbocycles. The Morgan fingerprint density at radius 1 is 0.897 bits per heavy atom. The number of hydrogen-bond acceptors (Lipinski definition) is 5. The summed E-state index contributed by atoms with van der Waals surface area (Å²) in [4.78, 5) is 0. The molecule has 0 unspecified atom stereocenters. The van der Waals surface area contributed by atoms with Gasteiger partial charge in [0.15, 0.2) is 11.5 Å². The standard InChI is InChI=1S/C23H17ClN2O3/c24-16-7-9-20-17(11-16)19-12-18(14-4-2-1-3-5-14)25-26(19)23(29-20)15-6-8-21-22(10-15)28-13-27-21/h1-11,19,23H,12-13H2/t19-,23-/m1/s1. The second kappa shape index (κ2) is 6.42. The van der Waals surface area contributed by atoms with Crippen molar-refractivity contribution >= 4 is 17.3 Å². The first-order chi connectivity index (χ1) is 14.3. The van der Waals surface area contributed by atoms with Gasteiger partial charge in [-0.05, 0) is 42.0 Å². The van der Waals surface area contributed by atoms with E-state index in [9.17, 15) is 0 Å². The van der Waals surface area contributed by atoms with E-state index in [4.69, 9.17) is 30.9 Å². The van der Waals surface area contributed by atoms with Crippen LogP contribution in [0, 0.1) is 0 Å². The van der Waals surface area contributed by atoms with Crippen molar-refractivity contribution in [3.8, 4) is 17.2 Å². The lowest BCUT2D eigenvalue weighted by molar-refractivity contribution is -0.0191. The number of halogens is 1. The molecule has 0 saturated carbocycles. The minimum Gasteiger partial charge on any atom is -0.464 e. The van der Waals surface area contributed by atoms with Crippen molar-refractivity contribution in [3.05, 3.63) is 88.4 Å². The quantitative estimate of drug-likeness (QED) is 0.580. The Balaban J connectivity index is 1.46. The van der Waals surface area contributed by atoms with Gasteiger partial charge in [0.25, 0.3) is 0 Å². The van der Waals surface area contributed by atoms with E-state index in [1.54, 1.807) is 0 Å². The second-order valence-electron chi connectivity index (χ2n) is 7.28. The van der Waals surface area contributed by atoms with Crippen molar-refractivity contribution in [1.29, 1.82) is 0 Å². The smallest absolute Gasteiger partial charge is 0.231 e. The van der Waals surface area contributed by atoms with Crippen LogP contribution in [0.4, 0.5) is 0 Å². The molecule has 0 bridgehead atoms. The Labute approximate surface area is 173 Å². The predicted octanol–water partition coefficient (Wildman–Crippen LogP) is 5.31. The number of hydrogen-bond donors (Lipinski definition) is 0. The highest BCUT2D eigenvalue weighted by atomic mass is 35.5. The molecule has 0 amide bonds. The van der Waals surface area contributed by atoms with Crippen LogP contribution in [0.5, 0.6) is 17.2 Å². The molecule has 29 heavy (non-hydrogen) atoms. The van der Waals surface area contributed by atoms with Crippen molar-refractivity contribution in [3.63, 3.8) is 0 Å². The molecule has 5 nitrogen and oxygen atoms in total. The number of benzene rings is 3. The van der Waals surface area contributed by atoms with Gasteiger partial charge < -0.3 is 14.2 Å². The van der Waals surface area contributed by atoms with Crippen LogP contribution in [0.1, 0.15) is 35.4 Å². The Kier molecular flexibility index (Phi) is 3.71. The summed E-state index contributed by atoms with van der Waals surface area (Å²) in [6.07, 6.45) is 0.436. The van der Waals surface area contributed by atoms with Crippen molar-refractivity contribution < 1.29 is 14.2 Å². The van der Waals surface area contributed by atoms with Crippen molar-refractivity contribution in [2.45, 2.75) is 18.7 Å². The third-order valence-corrected chi connectivity index (χ3v) is 5.78. The average Bonchev–Trinajstić information content (AvgIpc) is 3.41. The summed E-state index contributed by atoms with van der Waals surface area (Å²) in [6, 6.07) is 22.0. The summed E-state index contributed by atoms with van der Waals surface area (Å²) in [6.45, 7) is 0.244. The highest BCUT2D eigenvalue weighted by Crippen LogP contribution is 2.49. The zero-order chi connectivity index (χ0) is 19.4. The van der Waals surface area contributed by atoms with E-state index < -0.39 is 0 Å². The van der Waals surface area contributed by atoms with E-state index in [-0.39, 0.29) is 19.1 Å². The van der Waals surface area contributed by atoms with Crippen LogP contribution in [0.15, 0.2) is 71.8 Å². The molecular weight excluding hydrogens is 388 g/mol. The van der Waals surface area contributed by atoms with Gasteiger partial charge in [0.05, 0.1) is 11.8 Å². The van der Waals surface area contributed by atoms with Crippen LogP contribution in [0.3, 0.4) is 0 Å². The average molecular weight is 405 g/mol. The fourth-order valence-electron chi connectivity index (χ4n) is 4.15. The van der Waals surface area contributed by atoms with E-state index in [2.05, 4.69) is 12.1 Å². The zero-order valence-electron chi connectivity index (χ0n) is 15.4. The Bertz CT molecular complexity index is 1130. The summed E-state index contributed by atoms with van der Waals surface area (Å²) in [7, 11) is 0. The van der Waals surface area contributed by atoms with Gasteiger partial charge in [-0.3, -0.25) is 0 Å².